The molecule has 0 amide bonds. The molecule has 2 aromatic rings. The Kier molecular flexibility index (Phi) is 3.49. The predicted molar refractivity (Wildman–Crippen MR) is 76.3 cm³/mol. The van der Waals surface area contributed by atoms with Crippen LogP contribution in [0, 0.1) is 11.3 Å². The van der Waals surface area contributed by atoms with Crippen LogP contribution in [0.3, 0.4) is 0 Å². The van der Waals surface area contributed by atoms with Crippen molar-refractivity contribution in [3.63, 3.8) is 0 Å². The molecule has 1 aliphatic rings. The molecule has 1 unspecified atom stereocenters. The molecule has 3 rings (SSSR count). The monoisotopic (exact) mass is 285 g/mol. The highest BCUT2D eigenvalue weighted by atomic mass is 35.5. The SMILES string of the molecule is N#Cc1ccc(OCC2COc3ccccc32)c(Cl)c1. The summed E-state index contributed by atoms with van der Waals surface area (Å²) in [7, 11) is 0. The van der Waals surface area contributed by atoms with Gasteiger partial charge in [0.2, 0.25) is 0 Å². The zero-order valence-electron chi connectivity index (χ0n) is 10.7. The topological polar surface area (TPSA) is 42.2 Å². The molecule has 0 radical (unpaired) electrons. The molecule has 0 fully saturated rings. The van der Waals surface area contributed by atoms with Gasteiger partial charge in [0.15, 0.2) is 0 Å². The Labute approximate surface area is 122 Å². The Morgan fingerprint density at radius 1 is 1.30 bits per heavy atom. The van der Waals surface area contributed by atoms with E-state index in [1.165, 1.54) is 0 Å². The highest BCUT2D eigenvalue weighted by Gasteiger charge is 2.24. The molecule has 0 saturated heterocycles. The van der Waals surface area contributed by atoms with Gasteiger partial charge in [0.1, 0.15) is 11.5 Å². The molecule has 1 heterocycles. The molecular formula is C16H12ClNO2. The molecule has 0 aromatic heterocycles. The first-order valence-electron chi connectivity index (χ1n) is 6.32. The van der Waals surface area contributed by atoms with Crippen molar-refractivity contribution in [3.8, 4) is 17.6 Å². The summed E-state index contributed by atoms with van der Waals surface area (Å²) in [6.07, 6.45) is 0. The third-order valence-corrected chi connectivity index (χ3v) is 3.60. The molecule has 0 aliphatic carbocycles. The molecule has 1 atom stereocenters. The molecular weight excluding hydrogens is 274 g/mol. The maximum absolute atomic E-state index is 8.80. The van der Waals surface area contributed by atoms with E-state index in [4.69, 9.17) is 26.3 Å². The van der Waals surface area contributed by atoms with Gasteiger partial charge in [0, 0.05) is 5.56 Å². The van der Waals surface area contributed by atoms with Gasteiger partial charge in [-0.3, -0.25) is 0 Å². The van der Waals surface area contributed by atoms with Crippen molar-refractivity contribution in [1.29, 1.82) is 5.26 Å². The summed E-state index contributed by atoms with van der Waals surface area (Å²) in [5, 5.41) is 9.25. The summed E-state index contributed by atoms with van der Waals surface area (Å²) in [6, 6.07) is 15.0. The molecule has 100 valence electrons. The quantitative estimate of drug-likeness (QED) is 0.862. The zero-order chi connectivity index (χ0) is 13.9. The summed E-state index contributed by atoms with van der Waals surface area (Å²) in [5.41, 5.74) is 1.69. The highest BCUT2D eigenvalue weighted by Crippen LogP contribution is 2.34. The third kappa shape index (κ3) is 2.43. The van der Waals surface area contributed by atoms with Crippen LogP contribution in [0.1, 0.15) is 17.0 Å². The van der Waals surface area contributed by atoms with Crippen LogP contribution >= 0.6 is 11.6 Å². The van der Waals surface area contributed by atoms with Crippen LogP contribution in [0.15, 0.2) is 42.5 Å². The smallest absolute Gasteiger partial charge is 0.138 e. The van der Waals surface area contributed by atoms with Gasteiger partial charge >= 0.3 is 0 Å². The Hall–Kier alpha value is -2.18. The summed E-state index contributed by atoms with van der Waals surface area (Å²) in [6.45, 7) is 1.12. The lowest BCUT2D eigenvalue weighted by Gasteiger charge is -2.12. The number of nitriles is 1. The number of nitrogens with zero attached hydrogens (tertiary/aromatic N) is 1. The Balaban J connectivity index is 1.71. The van der Waals surface area contributed by atoms with Gasteiger partial charge in [0.25, 0.3) is 0 Å². The van der Waals surface area contributed by atoms with Crippen LogP contribution in [0.4, 0.5) is 0 Å². The molecule has 3 nitrogen and oxygen atoms in total. The van der Waals surface area contributed by atoms with Crippen molar-refractivity contribution in [1.82, 2.24) is 0 Å². The van der Waals surface area contributed by atoms with E-state index in [2.05, 4.69) is 6.07 Å². The third-order valence-electron chi connectivity index (χ3n) is 3.30. The minimum Gasteiger partial charge on any atom is -0.493 e. The molecule has 1 aliphatic heterocycles. The van der Waals surface area contributed by atoms with Crippen LogP contribution in [-0.2, 0) is 0 Å². The van der Waals surface area contributed by atoms with Crippen molar-refractivity contribution >= 4 is 11.6 Å². The summed E-state index contributed by atoms with van der Waals surface area (Å²) >= 11 is 6.09. The fourth-order valence-corrected chi connectivity index (χ4v) is 2.48. The highest BCUT2D eigenvalue weighted by molar-refractivity contribution is 6.32. The summed E-state index contributed by atoms with van der Waals surface area (Å²) < 4.78 is 11.4. The molecule has 4 heteroatoms. The van der Waals surface area contributed by atoms with Gasteiger partial charge < -0.3 is 9.47 Å². The van der Waals surface area contributed by atoms with Crippen LogP contribution in [0.5, 0.6) is 11.5 Å². The maximum Gasteiger partial charge on any atom is 0.138 e. The standard InChI is InChI=1S/C16H12ClNO2/c17-14-7-11(8-18)5-6-16(14)20-10-12-9-19-15-4-2-1-3-13(12)15/h1-7,12H,9-10H2. The average molecular weight is 286 g/mol. The Bertz CT molecular complexity index is 678. The van der Waals surface area contributed by atoms with E-state index < -0.39 is 0 Å². The van der Waals surface area contributed by atoms with Gasteiger partial charge in [0.05, 0.1) is 35.8 Å². The Morgan fingerprint density at radius 3 is 2.95 bits per heavy atom. The van der Waals surface area contributed by atoms with Gasteiger partial charge in [-0.05, 0) is 24.3 Å². The lowest BCUT2D eigenvalue weighted by atomic mass is 10.0. The van der Waals surface area contributed by atoms with Gasteiger partial charge in [-0.2, -0.15) is 5.26 Å². The molecule has 0 spiro atoms. The molecule has 2 aromatic carbocycles. The van der Waals surface area contributed by atoms with Crippen molar-refractivity contribution < 1.29 is 9.47 Å². The van der Waals surface area contributed by atoms with Crippen LogP contribution in [0.2, 0.25) is 5.02 Å². The molecule has 20 heavy (non-hydrogen) atoms. The zero-order valence-corrected chi connectivity index (χ0v) is 11.4. The largest absolute Gasteiger partial charge is 0.493 e. The number of hydrogen-bond donors (Lipinski definition) is 0. The fourth-order valence-electron chi connectivity index (χ4n) is 2.25. The second-order valence-corrected chi connectivity index (χ2v) is 5.02. The number of fused-ring (bicyclic) bond motifs is 1. The summed E-state index contributed by atoms with van der Waals surface area (Å²) in [5.74, 6) is 1.72. The normalized spacial score (nSPS) is 16.1. The van der Waals surface area contributed by atoms with Gasteiger partial charge in [-0.25, -0.2) is 0 Å². The Morgan fingerprint density at radius 2 is 2.15 bits per heavy atom. The number of halogens is 1. The van der Waals surface area contributed by atoms with Gasteiger partial charge in [-0.15, -0.1) is 0 Å². The summed E-state index contributed by atoms with van der Waals surface area (Å²) in [4.78, 5) is 0. The number of benzene rings is 2. The van der Waals surface area contributed by atoms with Crippen molar-refractivity contribution in [2.45, 2.75) is 5.92 Å². The van der Waals surface area contributed by atoms with Crippen LogP contribution < -0.4 is 9.47 Å². The first-order valence-corrected chi connectivity index (χ1v) is 6.70. The van der Waals surface area contributed by atoms with Crippen LogP contribution in [0.25, 0.3) is 0 Å². The fraction of sp³-hybridized carbons (Fsp3) is 0.188. The number of rotatable bonds is 3. The minimum atomic E-state index is 0.206. The lowest BCUT2D eigenvalue weighted by molar-refractivity contribution is 0.248. The number of para-hydroxylation sites is 1. The van der Waals surface area contributed by atoms with E-state index in [0.717, 1.165) is 11.3 Å². The lowest BCUT2D eigenvalue weighted by Crippen LogP contribution is -2.11. The first-order chi connectivity index (χ1) is 9.78. The van der Waals surface area contributed by atoms with Crippen LogP contribution in [-0.4, -0.2) is 13.2 Å². The van der Waals surface area contributed by atoms with E-state index in [1.54, 1.807) is 18.2 Å². The van der Waals surface area contributed by atoms with Crippen molar-refractivity contribution in [2.75, 3.05) is 13.2 Å². The second-order valence-electron chi connectivity index (χ2n) is 4.61. The second kappa shape index (κ2) is 5.44. The minimum absolute atomic E-state index is 0.206. The first kappa shape index (κ1) is 12.8. The van der Waals surface area contributed by atoms with E-state index in [0.29, 0.717) is 29.5 Å². The van der Waals surface area contributed by atoms with Crippen molar-refractivity contribution in [2.24, 2.45) is 0 Å². The van der Waals surface area contributed by atoms with E-state index >= 15 is 0 Å². The molecule has 0 saturated carbocycles. The molecule has 0 N–H and O–H groups in total. The van der Waals surface area contributed by atoms with Crippen molar-refractivity contribution in [3.05, 3.63) is 58.6 Å². The number of ether oxygens (including phenoxy) is 2. The van der Waals surface area contributed by atoms with E-state index in [9.17, 15) is 0 Å². The van der Waals surface area contributed by atoms with Gasteiger partial charge in [-0.1, -0.05) is 29.8 Å². The van der Waals surface area contributed by atoms with E-state index in [-0.39, 0.29) is 5.92 Å². The number of hydrogen-bond acceptors (Lipinski definition) is 3. The predicted octanol–water partition coefficient (Wildman–Crippen LogP) is 3.77. The average Bonchev–Trinajstić information content (AvgIpc) is 2.89. The maximum atomic E-state index is 8.80. The van der Waals surface area contributed by atoms with E-state index in [1.807, 2.05) is 24.3 Å². The molecule has 0 bridgehead atoms.